The van der Waals surface area contributed by atoms with Crippen molar-refractivity contribution in [1.82, 2.24) is 9.97 Å². The van der Waals surface area contributed by atoms with Gasteiger partial charge in [-0.3, -0.25) is 0 Å². The first-order valence-electron chi connectivity index (χ1n) is 6.81. The minimum Gasteiger partial charge on any atom is -0.453 e. The molecule has 0 saturated heterocycles. The van der Waals surface area contributed by atoms with Crippen molar-refractivity contribution in [2.45, 2.75) is 13.3 Å². The third-order valence-corrected chi connectivity index (χ3v) is 3.63. The lowest BCUT2D eigenvalue weighted by Crippen LogP contribution is -1.78. The number of rotatable bonds is 2. The second kappa shape index (κ2) is 4.23. The van der Waals surface area contributed by atoms with Gasteiger partial charge in [-0.2, -0.15) is 0 Å². The summed E-state index contributed by atoms with van der Waals surface area (Å²) in [5.41, 5.74) is 4.17. The number of hydrogen-bond donors (Lipinski definition) is 1. The predicted octanol–water partition coefficient (Wildman–Crippen LogP) is 4.54. The van der Waals surface area contributed by atoms with Crippen LogP contribution in [0.5, 0.6) is 0 Å². The molecule has 4 aromatic rings. The Labute approximate surface area is 116 Å². The molecular weight excluding hydrogens is 248 g/mol. The summed E-state index contributed by atoms with van der Waals surface area (Å²) in [6, 6.07) is 16.3. The fraction of sp³-hybridized carbons (Fsp3) is 0.118. The summed E-state index contributed by atoms with van der Waals surface area (Å²) in [4.78, 5) is 7.89. The van der Waals surface area contributed by atoms with E-state index in [-0.39, 0.29) is 0 Å². The van der Waals surface area contributed by atoms with Gasteiger partial charge < -0.3 is 9.40 Å². The molecule has 0 atom stereocenters. The van der Waals surface area contributed by atoms with E-state index in [0.29, 0.717) is 0 Å². The van der Waals surface area contributed by atoms with E-state index >= 15 is 0 Å². The predicted molar refractivity (Wildman–Crippen MR) is 80.7 cm³/mol. The Morgan fingerprint density at radius 1 is 1.10 bits per heavy atom. The van der Waals surface area contributed by atoms with Crippen molar-refractivity contribution in [2.75, 3.05) is 0 Å². The van der Waals surface area contributed by atoms with Crippen LogP contribution >= 0.6 is 0 Å². The zero-order valence-corrected chi connectivity index (χ0v) is 11.2. The minimum absolute atomic E-state index is 0.782. The van der Waals surface area contributed by atoms with Crippen molar-refractivity contribution in [2.24, 2.45) is 0 Å². The second-order valence-corrected chi connectivity index (χ2v) is 4.90. The van der Waals surface area contributed by atoms with E-state index in [0.717, 1.165) is 40.0 Å². The number of furan rings is 1. The number of imidazole rings is 1. The van der Waals surface area contributed by atoms with Gasteiger partial charge in [-0.25, -0.2) is 4.98 Å². The van der Waals surface area contributed by atoms with Crippen molar-refractivity contribution < 1.29 is 4.42 Å². The zero-order valence-electron chi connectivity index (χ0n) is 11.2. The van der Waals surface area contributed by atoms with E-state index in [2.05, 4.69) is 35.1 Å². The van der Waals surface area contributed by atoms with Crippen LogP contribution in [0.4, 0.5) is 0 Å². The molecule has 0 aliphatic heterocycles. The molecule has 0 fully saturated rings. The quantitative estimate of drug-likeness (QED) is 0.576. The topological polar surface area (TPSA) is 41.8 Å². The van der Waals surface area contributed by atoms with Gasteiger partial charge in [0.1, 0.15) is 5.58 Å². The first-order valence-corrected chi connectivity index (χ1v) is 6.81. The summed E-state index contributed by atoms with van der Waals surface area (Å²) < 4.78 is 6.01. The summed E-state index contributed by atoms with van der Waals surface area (Å²) in [5, 5.41) is 1.12. The lowest BCUT2D eigenvalue weighted by Gasteiger charge is -1.96. The van der Waals surface area contributed by atoms with Gasteiger partial charge in [0.05, 0.1) is 11.0 Å². The standard InChI is InChI=1S/C17H14N2O/c1-2-11-6-5-7-12-10-15(20-16(11)12)17-18-13-8-3-4-9-14(13)19-17/h3-10H,2H2,1H3,(H,18,19). The Hall–Kier alpha value is -2.55. The van der Waals surface area contributed by atoms with Crippen molar-refractivity contribution in [3.63, 3.8) is 0 Å². The number of fused-ring (bicyclic) bond motifs is 2. The normalized spacial score (nSPS) is 11.4. The average molecular weight is 262 g/mol. The number of benzene rings is 2. The number of aromatic amines is 1. The molecular formula is C17H14N2O. The van der Waals surface area contributed by atoms with Gasteiger partial charge in [-0.1, -0.05) is 37.3 Å². The van der Waals surface area contributed by atoms with Crippen molar-refractivity contribution in [3.05, 3.63) is 54.1 Å². The van der Waals surface area contributed by atoms with E-state index < -0.39 is 0 Å². The molecule has 0 unspecified atom stereocenters. The van der Waals surface area contributed by atoms with Crippen molar-refractivity contribution in [1.29, 1.82) is 0 Å². The molecule has 0 aliphatic carbocycles. The van der Waals surface area contributed by atoms with Gasteiger partial charge in [0, 0.05) is 5.39 Å². The van der Waals surface area contributed by atoms with E-state index in [1.165, 1.54) is 5.56 Å². The highest BCUT2D eigenvalue weighted by Gasteiger charge is 2.12. The van der Waals surface area contributed by atoms with Crippen LogP contribution in [0.3, 0.4) is 0 Å². The minimum atomic E-state index is 0.782. The summed E-state index contributed by atoms with van der Waals surface area (Å²) in [5.74, 6) is 1.57. The van der Waals surface area contributed by atoms with Gasteiger partial charge >= 0.3 is 0 Å². The highest BCUT2D eigenvalue weighted by Crippen LogP contribution is 2.29. The highest BCUT2D eigenvalue weighted by molar-refractivity contribution is 5.86. The molecule has 1 N–H and O–H groups in total. The second-order valence-electron chi connectivity index (χ2n) is 4.90. The number of nitrogens with one attached hydrogen (secondary N) is 1. The maximum atomic E-state index is 6.01. The third-order valence-electron chi connectivity index (χ3n) is 3.63. The number of aryl methyl sites for hydroxylation is 1. The molecule has 0 bridgehead atoms. The van der Waals surface area contributed by atoms with E-state index in [9.17, 15) is 0 Å². The lowest BCUT2D eigenvalue weighted by atomic mass is 10.1. The molecule has 0 spiro atoms. The molecule has 3 heteroatoms. The Morgan fingerprint density at radius 2 is 2.00 bits per heavy atom. The smallest absolute Gasteiger partial charge is 0.174 e. The fourth-order valence-electron chi connectivity index (χ4n) is 2.59. The van der Waals surface area contributed by atoms with Crippen LogP contribution in [0.25, 0.3) is 33.6 Å². The third kappa shape index (κ3) is 1.63. The van der Waals surface area contributed by atoms with E-state index in [1.54, 1.807) is 0 Å². The summed E-state index contributed by atoms with van der Waals surface area (Å²) in [7, 11) is 0. The van der Waals surface area contributed by atoms with Crippen LogP contribution in [0.1, 0.15) is 12.5 Å². The van der Waals surface area contributed by atoms with Gasteiger partial charge in [0.15, 0.2) is 11.6 Å². The first-order chi connectivity index (χ1) is 9.85. The molecule has 2 aromatic heterocycles. The van der Waals surface area contributed by atoms with Crippen molar-refractivity contribution in [3.8, 4) is 11.6 Å². The van der Waals surface area contributed by atoms with Gasteiger partial charge in [-0.15, -0.1) is 0 Å². The lowest BCUT2D eigenvalue weighted by molar-refractivity contribution is 0.622. The molecule has 0 radical (unpaired) electrons. The molecule has 98 valence electrons. The maximum absolute atomic E-state index is 6.01. The molecule has 0 aliphatic rings. The number of aromatic nitrogens is 2. The van der Waals surface area contributed by atoms with Crippen LogP contribution in [0.15, 0.2) is 52.9 Å². The fourth-order valence-corrected chi connectivity index (χ4v) is 2.59. The number of nitrogens with zero attached hydrogens (tertiary/aromatic N) is 1. The molecule has 3 nitrogen and oxygen atoms in total. The number of hydrogen-bond acceptors (Lipinski definition) is 2. The van der Waals surface area contributed by atoms with Crippen LogP contribution in [0.2, 0.25) is 0 Å². The van der Waals surface area contributed by atoms with Gasteiger partial charge in [0.2, 0.25) is 0 Å². The summed E-state index contributed by atoms with van der Waals surface area (Å²) in [6.45, 7) is 2.14. The van der Waals surface area contributed by atoms with E-state index in [4.69, 9.17) is 4.42 Å². The SMILES string of the molecule is CCc1cccc2cc(-c3nc4ccccc4[nH]3)oc12. The summed E-state index contributed by atoms with van der Waals surface area (Å²) in [6.07, 6.45) is 0.963. The highest BCUT2D eigenvalue weighted by atomic mass is 16.3. The Balaban J connectivity index is 1.93. The maximum Gasteiger partial charge on any atom is 0.174 e. The van der Waals surface area contributed by atoms with Crippen LogP contribution in [0, 0.1) is 0 Å². The summed E-state index contributed by atoms with van der Waals surface area (Å²) >= 11 is 0. The monoisotopic (exact) mass is 262 g/mol. The van der Waals surface area contributed by atoms with E-state index in [1.807, 2.05) is 30.3 Å². The zero-order chi connectivity index (χ0) is 13.5. The van der Waals surface area contributed by atoms with Crippen LogP contribution in [-0.2, 0) is 6.42 Å². The van der Waals surface area contributed by atoms with Gasteiger partial charge in [0.25, 0.3) is 0 Å². The molecule has 0 saturated carbocycles. The first kappa shape index (κ1) is 11.3. The molecule has 2 heterocycles. The average Bonchev–Trinajstić information content (AvgIpc) is 3.09. The van der Waals surface area contributed by atoms with Crippen molar-refractivity contribution >= 4 is 22.0 Å². The molecule has 0 amide bonds. The largest absolute Gasteiger partial charge is 0.453 e. The number of para-hydroxylation sites is 3. The van der Waals surface area contributed by atoms with Crippen LogP contribution in [-0.4, -0.2) is 9.97 Å². The number of H-pyrrole nitrogens is 1. The molecule has 4 rings (SSSR count). The Kier molecular flexibility index (Phi) is 2.39. The molecule has 2 aromatic carbocycles. The molecule has 20 heavy (non-hydrogen) atoms. The van der Waals surface area contributed by atoms with Crippen LogP contribution < -0.4 is 0 Å². The Bertz CT molecular complexity index is 869. The van der Waals surface area contributed by atoms with Gasteiger partial charge in [-0.05, 0) is 30.2 Å². The Morgan fingerprint density at radius 3 is 2.85 bits per heavy atom.